The van der Waals surface area contributed by atoms with Gasteiger partial charge in [-0.3, -0.25) is 0 Å². The van der Waals surface area contributed by atoms with Gasteiger partial charge in [0.05, 0.1) is 12.8 Å². The van der Waals surface area contributed by atoms with Crippen molar-refractivity contribution in [1.82, 2.24) is 20.2 Å². The maximum Gasteiger partial charge on any atom is 0.189 e. The van der Waals surface area contributed by atoms with Crippen LogP contribution in [0.2, 0.25) is 0 Å². The van der Waals surface area contributed by atoms with E-state index in [1.54, 1.807) is 37.4 Å². The Morgan fingerprint density at radius 1 is 1.14 bits per heavy atom. The minimum Gasteiger partial charge on any atom is -0.497 e. The Morgan fingerprint density at radius 3 is 2.62 bits per heavy atom. The lowest BCUT2D eigenvalue weighted by Crippen LogP contribution is -2.02. The highest BCUT2D eigenvalue weighted by Crippen LogP contribution is 2.29. The molecule has 0 saturated carbocycles. The fourth-order valence-corrected chi connectivity index (χ4v) is 1.97. The molecule has 1 aromatic heterocycles. The largest absolute Gasteiger partial charge is 0.497 e. The van der Waals surface area contributed by atoms with E-state index in [-0.39, 0.29) is 5.82 Å². The molecule has 3 rings (SSSR count). The quantitative estimate of drug-likeness (QED) is 0.745. The highest BCUT2D eigenvalue weighted by atomic mass is 19.1. The van der Waals surface area contributed by atoms with Crippen molar-refractivity contribution in [2.45, 2.75) is 0 Å². The summed E-state index contributed by atoms with van der Waals surface area (Å²) in [6, 6.07) is 11.1. The van der Waals surface area contributed by atoms with Crippen molar-refractivity contribution in [2.75, 3.05) is 12.8 Å². The van der Waals surface area contributed by atoms with Crippen molar-refractivity contribution in [3.63, 3.8) is 0 Å². The van der Waals surface area contributed by atoms with Crippen LogP contribution in [0.3, 0.4) is 0 Å². The third kappa shape index (κ3) is 2.40. The zero-order valence-corrected chi connectivity index (χ0v) is 11.2. The van der Waals surface area contributed by atoms with E-state index in [4.69, 9.17) is 10.5 Å². The van der Waals surface area contributed by atoms with Gasteiger partial charge in [-0.2, -0.15) is 4.68 Å². The highest BCUT2D eigenvalue weighted by molar-refractivity contribution is 5.73. The number of nitrogen functional groups attached to an aromatic ring is 1. The van der Waals surface area contributed by atoms with Crippen LogP contribution in [0.5, 0.6) is 5.75 Å². The van der Waals surface area contributed by atoms with Crippen molar-refractivity contribution in [1.29, 1.82) is 0 Å². The monoisotopic (exact) mass is 285 g/mol. The summed E-state index contributed by atoms with van der Waals surface area (Å²) in [6.45, 7) is 0. The fraction of sp³-hybridized carbons (Fsp3) is 0.0714. The van der Waals surface area contributed by atoms with E-state index in [0.29, 0.717) is 28.5 Å². The third-order valence-corrected chi connectivity index (χ3v) is 3.04. The Labute approximate surface area is 120 Å². The number of hydrogen-bond donors (Lipinski definition) is 1. The smallest absolute Gasteiger partial charge is 0.189 e. The number of aromatic nitrogens is 4. The predicted octanol–water partition coefficient (Wildman–Crippen LogP) is 2.06. The number of benzene rings is 2. The first kappa shape index (κ1) is 13.0. The Morgan fingerprint density at radius 2 is 1.90 bits per heavy atom. The molecule has 0 radical (unpaired) electrons. The van der Waals surface area contributed by atoms with E-state index in [1.165, 1.54) is 16.8 Å². The summed E-state index contributed by atoms with van der Waals surface area (Å²) in [4.78, 5) is 0. The molecule has 0 aliphatic rings. The van der Waals surface area contributed by atoms with E-state index < -0.39 is 0 Å². The van der Waals surface area contributed by atoms with E-state index in [2.05, 4.69) is 15.5 Å². The minimum atomic E-state index is -0.325. The number of halogens is 1. The summed E-state index contributed by atoms with van der Waals surface area (Å²) in [5.41, 5.74) is 7.78. The summed E-state index contributed by atoms with van der Waals surface area (Å²) in [5, 5.41) is 11.6. The molecular formula is C14H12FN5O. The minimum absolute atomic E-state index is 0.325. The van der Waals surface area contributed by atoms with Gasteiger partial charge in [0.2, 0.25) is 0 Å². The summed E-state index contributed by atoms with van der Waals surface area (Å²) in [5.74, 6) is 0.778. The summed E-state index contributed by atoms with van der Waals surface area (Å²) in [7, 11) is 1.57. The molecule has 0 aliphatic heterocycles. The second-order valence-electron chi connectivity index (χ2n) is 4.34. The van der Waals surface area contributed by atoms with Crippen LogP contribution in [0.1, 0.15) is 0 Å². The molecule has 0 aliphatic carbocycles. The van der Waals surface area contributed by atoms with Crippen molar-refractivity contribution in [3.8, 4) is 22.8 Å². The second-order valence-corrected chi connectivity index (χ2v) is 4.34. The lowest BCUT2D eigenvalue weighted by molar-refractivity contribution is 0.415. The predicted molar refractivity (Wildman–Crippen MR) is 75.5 cm³/mol. The van der Waals surface area contributed by atoms with Gasteiger partial charge in [0.1, 0.15) is 11.6 Å². The van der Waals surface area contributed by atoms with Gasteiger partial charge in [0.15, 0.2) is 5.82 Å². The number of rotatable bonds is 3. The number of nitrogens with two attached hydrogens (primary N) is 1. The lowest BCUT2D eigenvalue weighted by Gasteiger charge is -2.08. The van der Waals surface area contributed by atoms with Gasteiger partial charge in [-0.1, -0.05) is 0 Å². The van der Waals surface area contributed by atoms with Crippen molar-refractivity contribution in [2.24, 2.45) is 0 Å². The first-order chi connectivity index (χ1) is 10.2. The number of tetrazole rings is 1. The SMILES string of the molecule is COc1ccc(N)c(-c2nnnn2-c2ccc(F)cc2)c1. The fourth-order valence-electron chi connectivity index (χ4n) is 1.97. The lowest BCUT2D eigenvalue weighted by atomic mass is 10.1. The average molecular weight is 285 g/mol. The molecule has 106 valence electrons. The van der Waals surface area contributed by atoms with Gasteiger partial charge in [-0.05, 0) is 52.9 Å². The summed E-state index contributed by atoms with van der Waals surface area (Å²) < 4.78 is 19.7. The van der Waals surface area contributed by atoms with Gasteiger partial charge < -0.3 is 10.5 Å². The molecular weight excluding hydrogens is 273 g/mol. The van der Waals surface area contributed by atoms with Gasteiger partial charge >= 0.3 is 0 Å². The first-order valence-electron chi connectivity index (χ1n) is 6.17. The summed E-state index contributed by atoms with van der Waals surface area (Å²) >= 11 is 0. The maximum atomic E-state index is 13.0. The van der Waals surface area contributed by atoms with Crippen LogP contribution >= 0.6 is 0 Å². The number of ether oxygens (including phenoxy) is 1. The molecule has 0 spiro atoms. The molecule has 21 heavy (non-hydrogen) atoms. The molecule has 6 nitrogen and oxygen atoms in total. The Hall–Kier alpha value is -2.96. The van der Waals surface area contributed by atoms with Crippen LogP contribution < -0.4 is 10.5 Å². The Balaban J connectivity index is 2.13. The highest BCUT2D eigenvalue weighted by Gasteiger charge is 2.14. The van der Waals surface area contributed by atoms with Crippen LogP contribution in [0.25, 0.3) is 17.1 Å². The second kappa shape index (κ2) is 5.20. The van der Waals surface area contributed by atoms with E-state index >= 15 is 0 Å². The average Bonchev–Trinajstić information content (AvgIpc) is 2.98. The van der Waals surface area contributed by atoms with Gasteiger partial charge in [-0.25, -0.2) is 4.39 Å². The van der Waals surface area contributed by atoms with E-state index in [1.807, 2.05) is 0 Å². The van der Waals surface area contributed by atoms with Crippen molar-refractivity contribution in [3.05, 3.63) is 48.3 Å². The van der Waals surface area contributed by atoms with Crippen LogP contribution in [0.4, 0.5) is 10.1 Å². The Kier molecular flexibility index (Phi) is 3.23. The van der Waals surface area contributed by atoms with Crippen LogP contribution in [0, 0.1) is 5.82 Å². The van der Waals surface area contributed by atoms with Gasteiger partial charge in [0, 0.05) is 11.3 Å². The van der Waals surface area contributed by atoms with Crippen LogP contribution in [-0.4, -0.2) is 27.3 Å². The molecule has 7 heteroatoms. The maximum absolute atomic E-state index is 13.0. The molecule has 2 N–H and O–H groups in total. The normalized spacial score (nSPS) is 10.6. The third-order valence-electron chi connectivity index (χ3n) is 3.04. The topological polar surface area (TPSA) is 78.8 Å². The van der Waals surface area contributed by atoms with Crippen LogP contribution in [-0.2, 0) is 0 Å². The number of nitrogens with zero attached hydrogens (tertiary/aromatic N) is 4. The standard InChI is InChI=1S/C14H12FN5O/c1-21-11-6-7-13(16)12(8-11)14-17-18-19-20(14)10-4-2-9(15)3-5-10/h2-8H,16H2,1H3. The zero-order valence-electron chi connectivity index (χ0n) is 11.2. The van der Waals surface area contributed by atoms with Gasteiger partial charge in [-0.15, -0.1) is 5.10 Å². The van der Waals surface area contributed by atoms with E-state index in [9.17, 15) is 4.39 Å². The first-order valence-corrected chi connectivity index (χ1v) is 6.17. The molecule has 0 atom stereocenters. The van der Waals surface area contributed by atoms with Gasteiger partial charge in [0.25, 0.3) is 0 Å². The molecule has 3 aromatic rings. The van der Waals surface area contributed by atoms with Crippen LogP contribution in [0.15, 0.2) is 42.5 Å². The Bertz CT molecular complexity index is 769. The molecule has 2 aromatic carbocycles. The molecule has 0 bridgehead atoms. The number of methoxy groups -OCH3 is 1. The molecule has 1 heterocycles. The number of hydrogen-bond acceptors (Lipinski definition) is 5. The molecule has 0 saturated heterocycles. The number of anilines is 1. The van der Waals surface area contributed by atoms with Crippen molar-refractivity contribution >= 4 is 5.69 Å². The van der Waals surface area contributed by atoms with Crippen molar-refractivity contribution < 1.29 is 9.13 Å². The molecule has 0 fully saturated rings. The van der Waals surface area contributed by atoms with E-state index in [0.717, 1.165) is 0 Å². The molecule has 0 amide bonds. The zero-order chi connectivity index (χ0) is 14.8. The summed E-state index contributed by atoms with van der Waals surface area (Å²) in [6.07, 6.45) is 0. The molecule has 0 unspecified atom stereocenters.